The molecule has 23 heavy (non-hydrogen) atoms. The van der Waals surface area contributed by atoms with E-state index in [1.807, 2.05) is 6.92 Å². The van der Waals surface area contributed by atoms with Gasteiger partial charge in [-0.05, 0) is 25.1 Å². The number of alkyl halides is 3. The Hall–Kier alpha value is -2.51. The maximum atomic E-state index is 12.0. The number of furan rings is 1. The third kappa shape index (κ3) is 5.65. The molecule has 124 valence electrons. The van der Waals surface area contributed by atoms with E-state index in [0.29, 0.717) is 6.42 Å². The first-order valence-corrected chi connectivity index (χ1v) is 6.82. The molecule has 0 spiro atoms. The Labute approximate surface area is 130 Å². The van der Waals surface area contributed by atoms with Crippen LogP contribution in [0.15, 0.2) is 41.1 Å². The highest BCUT2D eigenvalue weighted by atomic mass is 19.4. The topological polar surface area (TPSA) is 64.4 Å². The molecule has 1 amide bonds. The van der Waals surface area contributed by atoms with Gasteiger partial charge in [-0.15, -0.1) is 0 Å². The molecule has 1 N–H and O–H groups in total. The fourth-order valence-electron chi connectivity index (χ4n) is 1.84. The van der Waals surface area contributed by atoms with Crippen LogP contribution in [0, 0.1) is 0 Å². The van der Waals surface area contributed by atoms with Gasteiger partial charge in [0.15, 0.2) is 6.61 Å². The molecular weight excluding hydrogens is 313 g/mol. The van der Waals surface area contributed by atoms with Crippen molar-refractivity contribution in [2.24, 2.45) is 0 Å². The minimum Gasteiger partial charge on any atom is -0.469 e. The van der Waals surface area contributed by atoms with Gasteiger partial charge in [-0.25, -0.2) is 4.98 Å². The number of nitrogens with one attached hydrogen (secondary N) is 1. The molecule has 2 aromatic rings. The number of rotatable bonds is 6. The van der Waals surface area contributed by atoms with Gasteiger partial charge in [0.25, 0.3) is 5.91 Å². The Balaban J connectivity index is 1.87. The van der Waals surface area contributed by atoms with Crippen LogP contribution in [0.25, 0.3) is 0 Å². The standard InChI is InChI=1S/C15H15F3N2O3/c1-10(7-12-3-2-6-22-12)20-14(21)11-4-5-13(19-8-11)23-9-15(16,17)18/h2-6,8,10H,7,9H2,1H3,(H,20,21)/t10-/m1/s1. The summed E-state index contributed by atoms with van der Waals surface area (Å²) in [4.78, 5) is 15.7. The van der Waals surface area contributed by atoms with E-state index in [-0.39, 0.29) is 23.4 Å². The van der Waals surface area contributed by atoms with Crippen LogP contribution in [0.5, 0.6) is 5.88 Å². The lowest BCUT2D eigenvalue weighted by molar-refractivity contribution is -0.154. The fraction of sp³-hybridized carbons (Fsp3) is 0.333. The summed E-state index contributed by atoms with van der Waals surface area (Å²) in [5.41, 5.74) is 0.232. The van der Waals surface area contributed by atoms with Gasteiger partial charge in [-0.2, -0.15) is 13.2 Å². The van der Waals surface area contributed by atoms with E-state index in [1.165, 1.54) is 18.3 Å². The van der Waals surface area contributed by atoms with E-state index in [9.17, 15) is 18.0 Å². The number of halogens is 3. The molecule has 5 nitrogen and oxygen atoms in total. The monoisotopic (exact) mass is 328 g/mol. The Kier molecular flexibility index (Phi) is 5.25. The van der Waals surface area contributed by atoms with Crippen LogP contribution in [0.2, 0.25) is 0 Å². The van der Waals surface area contributed by atoms with Gasteiger partial charge >= 0.3 is 6.18 Å². The van der Waals surface area contributed by atoms with Crippen molar-refractivity contribution in [1.29, 1.82) is 0 Å². The minimum absolute atomic E-state index is 0.171. The fourth-order valence-corrected chi connectivity index (χ4v) is 1.84. The predicted molar refractivity (Wildman–Crippen MR) is 75.1 cm³/mol. The molecule has 0 bridgehead atoms. The van der Waals surface area contributed by atoms with Gasteiger partial charge in [0.2, 0.25) is 5.88 Å². The Morgan fingerprint density at radius 2 is 2.17 bits per heavy atom. The molecule has 2 heterocycles. The van der Waals surface area contributed by atoms with Crippen LogP contribution in [-0.4, -0.2) is 29.7 Å². The van der Waals surface area contributed by atoms with E-state index in [1.54, 1.807) is 18.4 Å². The van der Waals surface area contributed by atoms with Gasteiger partial charge < -0.3 is 14.5 Å². The van der Waals surface area contributed by atoms with Crippen LogP contribution >= 0.6 is 0 Å². The van der Waals surface area contributed by atoms with Gasteiger partial charge in [-0.3, -0.25) is 4.79 Å². The normalized spacial score (nSPS) is 12.7. The number of hydrogen-bond acceptors (Lipinski definition) is 4. The number of carbonyl (C=O) groups excluding carboxylic acids is 1. The molecule has 1 atom stereocenters. The summed E-state index contributed by atoms with van der Waals surface area (Å²) < 4.78 is 45.7. The summed E-state index contributed by atoms with van der Waals surface area (Å²) in [5, 5.41) is 2.75. The quantitative estimate of drug-likeness (QED) is 0.885. The van der Waals surface area contributed by atoms with E-state index >= 15 is 0 Å². The lowest BCUT2D eigenvalue weighted by Crippen LogP contribution is -2.34. The van der Waals surface area contributed by atoms with Gasteiger partial charge in [0, 0.05) is 24.7 Å². The molecule has 8 heteroatoms. The number of pyridine rings is 1. The maximum absolute atomic E-state index is 12.0. The molecule has 0 fully saturated rings. The van der Waals surface area contributed by atoms with Crippen molar-refractivity contribution in [2.75, 3.05) is 6.61 Å². The number of carbonyl (C=O) groups is 1. The van der Waals surface area contributed by atoms with Gasteiger partial charge in [-0.1, -0.05) is 0 Å². The Morgan fingerprint density at radius 1 is 1.39 bits per heavy atom. The third-order valence-electron chi connectivity index (χ3n) is 2.85. The first kappa shape index (κ1) is 16.9. The highest BCUT2D eigenvalue weighted by molar-refractivity contribution is 5.94. The molecular formula is C15H15F3N2O3. The molecule has 0 saturated carbocycles. The van der Waals surface area contributed by atoms with Gasteiger partial charge in [0.05, 0.1) is 11.8 Å². The largest absolute Gasteiger partial charge is 0.469 e. The lowest BCUT2D eigenvalue weighted by atomic mass is 10.2. The second kappa shape index (κ2) is 7.17. The van der Waals surface area contributed by atoms with Crippen LogP contribution in [0.1, 0.15) is 23.0 Å². The second-order valence-electron chi connectivity index (χ2n) is 4.95. The Morgan fingerprint density at radius 3 is 2.74 bits per heavy atom. The van der Waals surface area contributed by atoms with Crippen molar-refractivity contribution in [3.8, 4) is 5.88 Å². The predicted octanol–water partition coefficient (Wildman–Crippen LogP) is 2.98. The average Bonchev–Trinajstić information content (AvgIpc) is 2.97. The first-order chi connectivity index (χ1) is 10.8. The Bertz CT molecular complexity index is 624. The van der Waals surface area contributed by atoms with Crippen molar-refractivity contribution < 1.29 is 27.1 Å². The van der Waals surface area contributed by atoms with E-state index in [4.69, 9.17) is 4.42 Å². The minimum atomic E-state index is -4.43. The van der Waals surface area contributed by atoms with Crippen molar-refractivity contribution in [3.63, 3.8) is 0 Å². The number of aromatic nitrogens is 1. The number of ether oxygens (including phenoxy) is 1. The highest BCUT2D eigenvalue weighted by Gasteiger charge is 2.28. The molecule has 0 radical (unpaired) electrons. The lowest BCUT2D eigenvalue weighted by Gasteiger charge is -2.13. The van der Waals surface area contributed by atoms with Crippen LogP contribution in [0.3, 0.4) is 0 Å². The second-order valence-corrected chi connectivity index (χ2v) is 4.95. The van der Waals surface area contributed by atoms with E-state index in [0.717, 1.165) is 5.76 Å². The zero-order chi connectivity index (χ0) is 16.9. The van der Waals surface area contributed by atoms with Crippen molar-refractivity contribution >= 4 is 5.91 Å². The smallest absolute Gasteiger partial charge is 0.422 e. The number of amides is 1. The van der Waals surface area contributed by atoms with Gasteiger partial charge in [0.1, 0.15) is 5.76 Å². The maximum Gasteiger partial charge on any atom is 0.422 e. The SMILES string of the molecule is C[C@H](Cc1ccco1)NC(=O)c1ccc(OCC(F)(F)F)nc1. The van der Waals surface area contributed by atoms with Crippen molar-refractivity contribution in [3.05, 3.63) is 48.0 Å². The van der Waals surface area contributed by atoms with Crippen molar-refractivity contribution in [2.45, 2.75) is 25.6 Å². The number of hydrogen-bond donors (Lipinski definition) is 1. The number of nitrogens with zero attached hydrogens (tertiary/aromatic N) is 1. The van der Waals surface area contributed by atoms with Crippen molar-refractivity contribution in [1.82, 2.24) is 10.3 Å². The summed E-state index contributed by atoms with van der Waals surface area (Å²) in [7, 11) is 0. The molecule has 2 rings (SSSR count). The molecule has 0 aliphatic rings. The van der Waals surface area contributed by atoms with E-state index < -0.39 is 12.8 Å². The summed E-state index contributed by atoms with van der Waals surface area (Å²) in [6.45, 7) is 0.389. The average molecular weight is 328 g/mol. The summed E-state index contributed by atoms with van der Waals surface area (Å²) in [5.74, 6) is 0.174. The highest BCUT2D eigenvalue weighted by Crippen LogP contribution is 2.17. The zero-order valence-electron chi connectivity index (χ0n) is 12.3. The summed E-state index contributed by atoms with van der Waals surface area (Å²) in [6, 6.07) is 5.96. The summed E-state index contributed by atoms with van der Waals surface area (Å²) in [6.07, 6.45) is -1.19. The molecule has 2 aromatic heterocycles. The van der Waals surface area contributed by atoms with Crippen LogP contribution < -0.4 is 10.1 Å². The summed E-state index contributed by atoms with van der Waals surface area (Å²) >= 11 is 0. The molecule has 0 unspecified atom stereocenters. The molecule has 0 saturated heterocycles. The van der Waals surface area contributed by atoms with E-state index in [2.05, 4.69) is 15.0 Å². The van der Waals surface area contributed by atoms with Crippen LogP contribution in [0.4, 0.5) is 13.2 Å². The van der Waals surface area contributed by atoms with Crippen LogP contribution in [-0.2, 0) is 6.42 Å². The molecule has 0 aliphatic heterocycles. The third-order valence-corrected chi connectivity index (χ3v) is 2.85. The zero-order valence-corrected chi connectivity index (χ0v) is 12.3. The molecule has 0 aliphatic carbocycles. The first-order valence-electron chi connectivity index (χ1n) is 6.82. The molecule has 0 aromatic carbocycles.